The van der Waals surface area contributed by atoms with Crippen LogP contribution < -0.4 is 5.32 Å². The minimum Gasteiger partial charge on any atom is -0.462 e. The van der Waals surface area contributed by atoms with E-state index in [1.807, 2.05) is 30.5 Å². The maximum absolute atomic E-state index is 14.1. The van der Waals surface area contributed by atoms with Crippen molar-refractivity contribution < 1.29 is 19.1 Å². The lowest BCUT2D eigenvalue weighted by atomic mass is 9.92. The molecular formula is C28H36ClN3O4. The molecule has 2 amide bonds. The molecule has 1 saturated carbocycles. The zero-order valence-corrected chi connectivity index (χ0v) is 22.4. The topological polar surface area (TPSA) is 80.6 Å². The molecule has 0 radical (unpaired) electrons. The van der Waals surface area contributed by atoms with Crippen LogP contribution in [0.25, 0.3) is 0 Å². The van der Waals surface area contributed by atoms with Crippen LogP contribution in [0.1, 0.15) is 90.0 Å². The summed E-state index contributed by atoms with van der Waals surface area (Å²) >= 11 is 6.08. The van der Waals surface area contributed by atoms with Gasteiger partial charge in [-0.3, -0.25) is 9.59 Å². The van der Waals surface area contributed by atoms with Gasteiger partial charge in [0.05, 0.1) is 18.7 Å². The molecule has 1 aliphatic carbocycles. The molecule has 0 unspecified atom stereocenters. The molecule has 2 aromatic rings. The summed E-state index contributed by atoms with van der Waals surface area (Å²) in [5.41, 5.74) is 1.81. The van der Waals surface area contributed by atoms with E-state index < -0.39 is 11.5 Å². The molecule has 1 aliphatic heterocycles. The van der Waals surface area contributed by atoms with Crippen LogP contribution >= 0.6 is 11.6 Å². The molecule has 1 fully saturated rings. The van der Waals surface area contributed by atoms with Crippen LogP contribution in [0.2, 0.25) is 5.02 Å². The first-order valence-electron chi connectivity index (χ1n) is 12.9. The normalized spacial score (nSPS) is 20.6. The van der Waals surface area contributed by atoms with Gasteiger partial charge in [-0.05, 0) is 63.8 Å². The molecule has 8 heteroatoms. The summed E-state index contributed by atoms with van der Waals surface area (Å²) < 4.78 is 7.11. The number of rotatable bonds is 6. The van der Waals surface area contributed by atoms with Crippen LogP contribution in [0, 0.1) is 13.8 Å². The quantitative estimate of drug-likeness (QED) is 0.426. The summed E-state index contributed by atoms with van der Waals surface area (Å²) in [7, 11) is 0. The van der Waals surface area contributed by atoms with Crippen LogP contribution in [0.15, 0.2) is 24.3 Å². The summed E-state index contributed by atoms with van der Waals surface area (Å²) in [6.45, 7) is 7.93. The second-order valence-electron chi connectivity index (χ2n) is 10.2. The van der Waals surface area contributed by atoms with Crippen molar-refractivity contribution in [3.05, 3.63) is 57.4 Å². The number of benzene rings is 1. The third-order valence-electron chi connectivity index (χ3n) is 7.69. The zero-order valence-electron chi connectivity index (χ0n) is 21.7. The molecule has 0 spiro atoms. The average Bonchev–Trinajstić information content (AvgIpc) is 2.99. The van der Waals surface area contributed by atoms with Crippen molar-refractivity contribution in [3.63, 3.8) is 0 Å². The van der Waals surface area contributed by atoms with E-state index in [1.54, 1.807) is 30.9 Å². The van der Waals surface area contributed by atoms with Crippen molar-refractivity contribution in [3.8, 4) is 0 Å². The molecule has 0 saturated heterocycles. The molecule has 7 nitrogen and oxygen atoms in total. The van der Waals surface area contributed by atoms with Gasteiger partial charge in [0.2, 0.25) is 5.91 Å². The maximum Gasteiger partial charge on any atom is 0.340 e. The highest BCUT2D eigenvalue weighted by Crippen LogP contribution is 2.35. The molecule has 2 aliphatic rings. The van der Waals surface area contributed by atoms with E-state index in [4.69, 9.17) is 16.3 Å². The van der Waals surface area contributed by atoms with Gasteiger partial charge >= 0.3 is 5.97 Å². The minimum absolute atomic E-state index is 0.105. The average molecular weight is 514 g/mol. The van der Waals surface area contributed by atoms with Crippen molar-refractivity contribution >= 4 is 29.4 Å². The van der Waals surface area contributed by atoms with Crippen LogP contribution in [-0.2, 0) is 22.6 Å². The van der Waals surface area contributed by atoms with E-state index in [0.717, 1.165) is 31.2 Å². The third-order valence-corrected chi connectivity index (χ3v) is 7.94. The van der Waals surface area contributed by atoms with Crippen LogP contribution in [0.4, 0.5) is 0 Å². The Morgan fingerprint density at radius 3 is 2.36 bits per heavy atom. The lowest BCUT2D eigenvalue weighted by molar-refractivity contribution is -0.134. The van der Waals surface area contributed by atoms with Crippen LogP contribution in [0.3, 0.4) is 0 Å². The second-order valence-corrected chi connectivity index (χ2v) is 10.6. The summed E-state index contributed by atoms with van der Waals surface area (Å²) in [5.74, 6) is -0.882. The number of carbonyl (C=O) groups excluding carboxylic acids is 3. The van der Waals surface area contributed by atoms with Gasteiger partial charge in [-0.15, -0.1) is 0 Å². The summed E-state index contributed by atoms with van der Waals surface area (Å²) in [6, 6.07) is 7.41. The molecule has 194 valence electrons. The van der Waals surface area contributed by atoms with Gasteiger partial charge in [-0.1, -0.05) is 49.4 Å². The van der Waals surface area contributed by atoms with E-state index >= 15 is 0 Å². The van der Waals surface area contributed by atoms with Gasteiger partial charge in [-0.2, -0.15) is 0 Å². The van der Waals surface area contributed by atoms with Gasteiger partial charge < -0.3 is 19.5 Å². The molecule has 1 aromatic carbocycles. The molecule has 0 bridgehead atoms. The first-order valence-corrected chi connectivity index (χ1v) is 13.3. The lowest BCUT2D eigenvalue weighted by Gasteiger charge is -2.45. The highest BCUT2D eigenvalue weighted by Gasteiger charge is 2.49. The molecule has 1 atom stereocenters. The zero-order chi connectivity index (χ0) is 26.0. The molecule has 1 N–H and O–H groups in total. The Hall–Kier alpha value is -2.80. The number of carbonyl (C=O) groups is 3. The van der Waals surface area contributed by atoms with Crippen molar-refractivity contribution in [1.29, 1.82) is 0 Å². The summed E-state index contributed by atoms with van der Waals surface area (Å²) in [5, 5.41) is 3.88. The highest BCUT2D eigenvalue weighted by atomic mass is 35.5. The van der Waals surface area contributed by atoms with E-state index in [2.05, 4.69) is 5.32 Å². The molecule has 2 heterocycles. The Balaban J connectivity index is 1.75. The third kappa shape index (κ3) is 4.90. The van der Waals surface area contributed by atoms with Crippen molar-refractivity contribution in [2.24, 2.45) is 0 Å². The monoisotopic (exact) mass is 513 g/mol. The number of halogens is 1. The first-order chi connectivity index (χ1) is 17.2. The van der Waals surface area contributed by atoms with Gasteiger partial charge in [0.15, 0.2) is 0 Å². The van der Waals surface area contributed by atoms with Gasteiger partial charge in [0.1, 0.15) is 11.2 Å². The smallest absolute Gasteiger partial charge is 0.340 e. The Labute approximate surface area is 218 Å². The van der Waals surface area contributed by atoms with Gasteiger partial charge in [0.25, 0.3) is 5.91 Å². The molecular weight excluding hydrogens is 478 g/mol. The van der Waals surface area contributed by atoms with Crippen molar-refractivity contribution in [2.75, 3.05) is 6.61 Å². The predicted molar refractivity (Wildman–Crippen MR) is 139 cm³/mol. The SMILES string of the molecule is CCOC(=O)c1c(C)c2n(c1C)C[C@@](C)(C(=O)NC1CCCCCC1)N(Cc1ccc(Cl)cc1)C2=O. The highest BCUT2D eigenvalue weighted by molar-refractivity contribution is 6.30. The van der Waals surface area contributed by atoms with Crippen LogP contribution in [-0.4, -0.2) is 45.4 Å². The fourth-order valence-electron chi connectivity index (χ4n) is 5.60. The number of nitrogens with one attached hydrogen (secondary N) is 1. The minimum atomic E-state index is -1.14. The largest absolute Gasteiger partial charge is 0.462 e. The molecule has 1 aromatic heterocycles. The fraction of sp³-hybridized carbons (Fsp3) is 0.536. The number of nitrogens with zero attached hydrogens (tertiary/aromatic N) is 2. The molecule has 4 rings (SSSR count). The number of esters is 1. The predicted octanol–water partition coefficient (Wildman–Crippen LogP) is 5.19. The van der Waals surface area contributed by atoms with Gasteiger partial charge in [0, 0.05) is 23.3 Å². The number of amides is 2. The Kier molecular flexibility index (Phi) is 7.79. The Bertz CT molecular complexity index is 1150. The first kappa shape index (κ1) is 26.3. The van der Waals surface area contributed by atoms with E-state index in [1.165, 1.54) is 12.8 Å². The summed E-state index contributed by atoms with van der Waals surface area (Å²) in [4.78, 5) is 42.4. The maximum atomic E-state index is 14.1. The van der Waals surface area contributed by atoms with Gasteiger partial charge in [-0.25, -0.2) is 4.79 Å². The number of aromatic nitrogens is 1. The van der Waals surface area contributed by atoms with E-state index in [-0.39, 0.29) is 37.6 Å². The van der Waals surface area contributed by atoms with Crippen molar-refractivity contribution in [1.82, 2.24) is 14.8 Å². The number of hydrogen-bond donors (Lipinski definition) is 1. The number of hydrogen-bond acceptors (Lipinski definition) is 4. The molecule has 36 heavy (non-hydrogen) atoms. The lowest BCUT2D eigenvalue weighted by Crippen LogP contribution is -2.64. The van der Waals surface area contributed by atoms with Crippen LogP contribution in [0.5, 0.6) is 0 Å². The number of fused-ring (bicyclic) bond motifs is 1. The summed E-state index contributed by atoms with van der Waals surface area (Å²) in [6.07, 6.45) is 6.47. The Morgan fingerprint density at radius 1 is 1.11 bits per heavy atom. The van der Waals surface area contributed by atoms with E-state index in [9.17, 15) is 14.4 Å². The standard InChI is InChI=1S/C28H36ClN3O4/c1-5-36-26(34)23-18(2)24-25(33)32(16-20-12-14-21(29)15-13-20)28(4,17-31(24)19(23)3)27(35)30-22-10-8-6-7-9-11-22/h12-15,22H,5-11,16-17H2,1-4H3,(H,30,35)/t28-/m0/s1. The number of ether oxygens (including phenoxy) is 1. The Morgan fingerprint density at radius 2 is 1.75 bits per heavy atom. The van der Waals surface area contributed by atoms with Crippen molar-refractivity contribution in [2.45, 2.75) is 90.9 Å². The van der Waals surface area contributed by atoms with E-state index in [0.29, 0.717) is 27.5 Å². The second kappa shape index (κ2) is 10.7. The fourth-order valence-corrected chi connectivity index (χ4v) is 5.72.